The molecule has 0 heterocycles. The van der Waals surface area contributed by atoms with E-state index >= 15 is 0 Å². The molecule has 9 heteroatoms. The highest BCUT2D eigenvalue weighted by atomic mass is 16.6. The minimum Gasteiger partial charge on any atom is -0.444 e. The number of nitrogens with one attached hydrogen (secondary N) is 3. The molecule has 8 N–H and O–H groups in total. The van der Waals surface area contributed by atoms with Crippen LogP contribution in [0.1, 0.15) is 27.7 Å². The molecule has 0 fully saturated rings. The van der Waals surface area contributed by atoms with E-state index in [2.05, 4.69) is 16.0 Å². The third-order valence-electron chi connectivity index (χ3n) is 1.88. The molecule has 0 aromatic heterocycles. The van der Waals surface area contributed by atoms with Crippen LogP contribution in [0.5, 0.6) is 0 Å². The number of hydrogen-bond acceptors (Lipinski definition) is 9. The molecule has 0 saturated heterocycles. The van der Waals surface area contributed by atoms with Gasteiger partial charge in [0.15, 0.2) is 0 Å². The van der Waals surface area contributed by atoms with Crippen molar-refractivity contribution in [3.05, 3.63) is 0 Å². The molecule has 0 amide bonds. The molecule has 0 spiro atoms. The highest BCUT2D eigenvalue weighted by Gasteiger charge is 2.43. The van der Waals surface area contributed by atoms with Gasteiger partial charge >= 0.3 is 5.97 Å². The summed E-state index contributed by atoms with van der Waals surface area (Å²) in [7, 11) is 0. The van der Waals surface area contributed by atoms with Crippen LogP contribution >= 0.6 is 0 Å². The van der Waals surface area contributed by atoms with Gasteiger partial charge < -0.3 is 20.1 Å². The predicted molar refractivity (Wildman–Crippen MR) is 66.9 cm³/mol. The molecule has 0 bridgehead atoms. The molecule has 0 aliphatic carbocycles. The van der Waals surface area contributed by atoms with E-state index in [1.165, 1.54) is 27.7 Å². The fourth-order valence-electron chi connectivity index (χ4n) is 1.50. The number of aliphatic hydroxyl groups is 3. The minimum atomic E-state index is -1.88. The molecule has 4 atom stereocenters. The zero-order valence-electron chi connectivity index (χ0n) is 11.5. The van der Waals surface area contributed by atoms with E-state index in [0.717, 1.165) is 0 Å². The first-order chi connectivity index (χ1) is 8.59. The van der Waals surface area contributed by atoms with Gasteiger partial charge in [-0.05, 0) is 27.7 Å². The first kappa shape index (κ1) is 18.2. The van der Waals surface area contributed by atoms with Crippen molar-refractivity contribution in [1.82, 2.24) is 16.0 Å². The second kappa shape index (κ2) is 7.70. The molecule has 19 heavy (non-hydrogen) atoms. The van der Waals surface area contributed by atoms with Crippen LogP contribution in [0.4, 0.5) is 0 Å². The number of nitrogens with two attached hydrogens (primary N) is 1. The van der Waals surface area contributed by atoms with Gasteiger partial charge in [-0.15, -0.1) is 0 Å². The maximum atomic E-state index is 12.1. The summed E-state index contributed by atoms with van der Waals surface area (Å²) < 4.78 is 4.84. The summed E-state index contributed by atoms with van der Waals surface area (Å²) in [6.07, 6.45) is -4.27. The summed E-state index contributed by atoms with van der Waals surface area (Å²) in [6.45, 7) is 5.53. The van der Waals surface area contributed by atoms with Gasteiger partial charge in [0.25, 0.3) is 0 Å². The minimum absolute atomic E-state index is 0.894. The van der Waals surface area contributed by atoms with E-state index in [4.69, 9.17) is 10.5 Å². The lowest BCUT2D eigenvalue weighted by molar-refractivity contribution is -0.167. The average Bonchev–Trinajstić information content (AvgIpc) is 2.12. The average molecular weight is 280 g/mol. The molecule has 4 unspecified atom stereocenters. The smallest absolute Gasteiger partial charge is 0.359 e. The molecule has 0 aliphatic rings. The van der Waals surface area contributed by atoms with Crippen LogP contribution in [-0.4, -0.2) is 52.0 Å². The van der Waals surface area contributed by atoms with E-state index in [-0.39, 0.29) is 0 Å². The van der Waals surface area contributed by atoms with Gasteiger partial charge in [-0.25, -0.2) is 4.79 Å². The Kier molecular flexibility index (Phi) is 7.37. The molecular weight excluding hydrogens is 256 g/mol. The van der Waals surface area contributed by atoms with Crippen LogP contribution in [0.3, 0.4) is 0 Å². The largest absolute Gasteiger partial charge is 0.444 e. The van der Waals surface area contributed by atoms with Crippen LogP contribution in [-0.2, 0) is 9.53 Å². The lowest BCUT2D eigenvalue weighted by Gasteiger charge is -2.37. The Morgan fingerprint density at radius 2 is 1.32 bits per heavy atom. The molecule has 0 radical (unpaired) electrons. The van der Waals surface area contributed by atoms with Crippen molar-refractivity contribution in [2.75, 3.05) is 0 Å². The lowest BCUT2D eigenvalue weighted by atomic mass is 10.2. The van der Waals surface area contributed by atoms with Crippen LogP contribution < -0.4 is 21.7 Å². The number of esters is 1. The third-order valence-corrected chi connectivity index (χ3v) is 1.88. The summed E-state index contributed by atoms with van der Waals surface area (Å²) in [5.41, 5.74) is 5.37. The summed E-state index contributed by atoms with van der Waals surface area (Å²) in [5, 5.41) is 35.5. The number of carbonyl (C=O) groups excluding carboxylic acids is 1. The Balaban J connectivity index is 5.26. The fraction of sp³-hybridized carbons (Fsp3) is 0.900. The zero-order valence-corrected chi connectivity index (χ0v) is 11.5. The third kappa shape index (κ3) is 6.78. The highest BCUT2D eigenvalue weighted by Crippen LogP contribution is 2.05. The van der Waals surface area contributed by atoms with Crippen LogP contribution in [0.25, 0.3) is 0 Å². The molecule has 9 nitrogen and oxygen atoms in total. The maximum absolute atomic E-state index is 12.1. The summed E-state index contributed by atoms with van der Waals surface area (Å²) in [6, 6.07) is 0. The summed E-state index contributed by atoms with van der Waals surface area (Å²) in [4.78, 5) is 12.1. The topological polar surface area (TPSA) is 149 Å². The molecule has 0 aliphatic heterocycles. The first-order valence-electron chi connectivity index (χ1n) is 5.93. The van der Waals surface area contributed by atoms with Crippen molar-refractivity contribution in [1.29, 1.82) is 0 Å². The van der Waals surface area contributed by atoms with Crippen molar-refractivity contribution in [2.24, 2.45) is 5.73 Å². The van der Waals surface area contributed by atoms with Crippen LogP contribution in [0, 0.1) is 0 Å². The molecule has 114 valence electrons. The Hall–Kier alpha value is -0.810. The Labute approximate surface area is 112 Å². The van der Waals surface area contributed by atoms with E-state index in [9.17, 15) is 20.1 Å². The quantitative estimate of drug-likeness (QED) is 0.186. The molecule has 0 rings (SSSR count). The van der Waals surface area contributed by atoms with Gasteiger partial charge in [-0.1, -0.05) is 0 Å². The van der Waals surface area contributed by atoms with Crippen LogP contribution in [0.2, 0.25) is 0 Å². The Bertz CT molecular complexity index is 257. The van der Waals surface area contributed by atoms with E-state index in [1.807, 2.05) is 0 Å². The summed E-state index contributed by atoms with van der Waals surface area (Å²) >= 11 is 0. The first-order valence-corrected chi connectivity index (χ1v) is 5.93. The number of rotatable bonds is 8. The molecule has 0 saturated carbocycles. The second-order valence-electron chi connectivity index (χ2n) is 4.32. The predicted octanol–water partition coefficient (Wildman–Crippen LogP) is -2.73. The van der Waals surface area contributed by atoms with Gasteiger partial charge in [0.05, 0.1) is 0 Å². The summed E-state index contributed by atoms with van der Waals surface area (Å²) in [5.74, 6) is -2.81. The van der Waals surface area contributed by atoms with Crippen molar-refractivity contribution in [3.8, 4) is 0 Å². The van der Waals surface area contributed by atoms with E-state index < -0.39 is 36.7 Å². The van der Waals surface area contributed by atoms with Crippen LogP contribution in [0.15, 0.2) is 0 Å². The zero-order chi connectivity index (χ0) is 15.2. The van der Waals surface area contributed by atoms with Crippen molar-refractivity contribution >= 4 is 5.97 Å². The van der Waals surface area contributed by atoms with Gasteiger partial charge in [0.2, 0.25) is 5.79 Å². The van der Waals surface area contributed by atoms with Crippen molar-refractivity contribution in [2.45, 2.75) is 58.4 Å². The van der Waals surface area contributed by atoms with Gasteiger partial charge in [-0.2, -0.15) is 0 Å². The number of ether oxygens (including phenoxy) is 1. The SMILES string of the molecule is CC(O)NC(NC(C)O)(NC(C)O)C(=O)OC(C)N. The molecular formula is C10H24N4O5. The van der Waals surface area contributed by atoms with Gasteiger partial charge in [-0.3, -0.25) is 21.7 Å². The van der Waals surface area contributed by atoms with Crippen molar-refractivity contribution < 1.29 is 24.9 Å². The second-order valence-corrected chi connectivity index (χ2v) is 4.32. The monoisotopic (exact) mass is 280 g/mol. The number of hydrogen-bond donors (Lipinski definition) is 7. The van der Waals surface area contributed by atoms with Gasteiger partial charge in [0.1, 0.15) is 24.9 Å². The maximum Gasteiger partial charge on any atom is 0.359 e. The van der Waals surface area contributed by atoms with Gasteiger partial charge in [0, 0.05) is 0 Å². The fourth-order valence-corrected chi connectivity index (χ4v) is 1.50. The lowest BCUT2D eigenvalue weighted by Crippen LogP contribution is -2.76. The normalized spacial score (nSPS) is 21.1. The van der Waals surface area contributed by atoms with E-state index in [0.29, 0.717) is 0 Å². The standard InChI is InChI=1S/C10H24N4O5/c1-5(11)19-9(18)10(12-6(2)15,13-7(3)16)14-8(4)17/h5-8,12-17H,11H2,1-4H3. The molecule has 0 aromatic carbocycles. The Morgan fingerprint density at radius 3 is 1.53 bits per heavy atom. The number of aliphatic hydroxyl groups excluding tert-OH is 3. The number of carbonyl (C=O) groups is 1. The molecule has 0 aromatic rings. The van der Waals surface area contributed by atoms with Crippen molar-refractivity contribution in [3.63, 3.8) is 0 Å². The Morgan fingerprint density at radius 1 is 1.00 bits per heavy atom. The van der Waals surface area contributed by atoms with E-state index in [1.54, 1.807) is 0 Å². The highest BCUT2D eigenvalue weighted by molar-refractivity contribution is 5.80.